The van der Waals surface area contributed by atoms with Gasteiger partial charge in [0.25, 0.3) is 0 Å². The van der Waals surface area contributed by atoms with E-state index in [1.807, 2.05) is 19.1 Å². The number of benzene rings is 2. The zero-order valence-electron chi connectivity index (χ0n) is 26.3. The highest BCUT2D eigenvalue weighted by molar-refractivity contribution is 7.15. The van der Waals surface area contributed by atoms with E-state index in [0.29, 0.717) is 0 Å². The summed E-state index contributed by atoms with van der Waals surface area (Å²) in [4.78, 5) is 14.8. The lowest BCUT2D eigenvalue weighted by Crippen LogP contribution is -2.58. The van der Waals surface area contributed by atoms with Crippen molar-refractivity contribution in [3.05, 3.63) is 82.0 Å². The number of rotatable bonds is 8. The molecule has 4 atom stereocenters. The zero-order chi connectivity index (χ0) is 30.5. The Morgan fingerprint density at radius 3 is 2.12 bits per heavy atom. The summed E-state index contributed by atoms with van der Waals surface area (Å²) in [5.74, 6) is -0.266. The number of esters is 1. The van der Waals surface area contributed by atoms with E-state index in [0.717, 1.165) is 18.4 Å². The minimum atomic E-state index is -1.83. The SMILES string of the molecule is CC[C@H]1OC(=O)[C@H](O[Si](C)(C)C)[C@@H](O[Si](C)(C)C)[C@@H]1C.Cc1ccc(C)c(Cc2ccc(-c3ccc(F)cc3)s2)c1. The van der Waals surface area contributed by atoms with Crippen LogP contribution in [0.15, 0.2) is 54.6 Å². The molecule has 0 amide bonds. The van der Waals surface area contributed by atoms with Gasteiger partial charge in [0, 0.05) is 22.1 Å². The van der Waals surface area contributed by atoms with Crippen molar-refractivity contribution in [2.45, 2.75) is 98.1 Å². The van der Waals surface area contributed by atoms with Crippen LogP contribution in [-0.4, -0.2) is 40.9 Å². The van der Waals surface area contributed by atoms with E-state index in [-0.39, 0.29) is 29.9 Å². The summed E-state index contributed by atoms with van der Waals surface area (Å²) in [6, 6.07) is 17.6. The average Bonchev–Trinajstić information content (AvgIpc) is 3.33. The molecule has 0 saturated carbocycles. The number of hydrogen-bond acceptors (Lipinski definition) is 5. The van der Waals surface area contributed by atoms with E-state index < -0.39 is 22.7 Å². The molecule has 8 heteroatoms. The summed E-state index contributed by atoms with van der Waals surface area (Å²) in [5.41, 5.74) is 5.08. The van der Waals surface area contributed by atoms with Crippen LogP contribution in [0.5, 0.6) is 0 Å². The molecule has 4 nitrogen and oxygen atoms in total. The Hall–Kier alpha value is -2.11. The number of cyclic esters (lactones) is 1. The Morgan fingerprint density at radius 2 is 1.54 bits per heavy atom. The van der Waals surface area contributed by atoms with Gasteiger partial charge in [0.05, 0.1) is 6.10 Å². The van der Waals surface area contributed by atoms with Crippen molar-refractivity contribution in [1.82, 2.24) is 0 Å². The van der Waals surface area contributed by atoms with Gasteiger partial charge in [-0.05, 0) is 101 Å². The molecule has 1 saturated heterocycles. The molecule has 1 aliphatic rings. The lowest BCUT2D eigenvalue weighted by atomic mass is 9.90. The van der Waals surface area contributed by atoms with Crippen molar-refractivity contribution in [3.8, 4) is 10.4 Å². The summed E-state index contributed by atoms with van der Waals surface area (Å²) >= 11 is 1.78. The van der Waals surface area contributed by atoms with Crippen molar-refractivity contribution in [2.75, 3.05) is 0 Å². The van der Waals surface area contributed by atoms with Gasteiger partial charge < -0.3 is 13.6 Å². The molecule has 0 unspecified atom stereocenters. The second kappa shape index (κ2) is 13.9. The largest absolute Gasteiger partial charge is 0.460 e. The minimum Gasteiger partial charge on any atom is -0.460 e. The summed E-state index contributed by atoms with van der Waals surface area (Å²) in [6.07, 6.45) is 0.966. The summed E-state index contributed by atoms with van der Waals surface area (Å²) in [7, 11) is -3.58. The molecule has 1 fully saturated rings. The lowest BCUT2D eigenvalue weighted by Gasteiger charge is -2.44. The van der Waals surface area contributed by atoms with E-state index in [1.165, 1.54) is 38.6 Å². The van der Waals surface area contributed by atoms with Crippen LogP contribution in [0.2, 0.25) is 39.3 Å². The smallest absolute Gasteiger partial charge is 0.337 e. The highest BCUT2D eigenvalue weighted by Crippen LogP contribution is 2.32. The first kappa shape index (κ1) is 33.4. The van der Waals surface area contributed by atoms with Crippen LogP contribution in [0.1, 0.15) is 41.8 Å². The predicted molar refractivity (Wildman–Crippen MR) is 174 cm³/mol. The number of thiophene rings is 1. The number of carbonyl (C=O) groups is 1. The van der Waals surface area contributed by atoms with Gasteiger partial charge in [-0.3, -0.25) is 0 Å². The van der Waals surface area contributed by atoms with E-state index in [4.69, 9.17) is 13.6 Å². The maximum Gasteiger partial charge on any atom is 0.337 e. The topological polar surface area (TPSA) is 44.8 Å². The molecular formula is C33H47FO4SSi2. The average molecular weight is 615 g/mol. The Balaban J connectivity index is 0.000000226. The Labute approximate surface area is 252 Å². The third-order valence-corrected chi connectivity index (χ3v) is 10.0. The first-order valence-electron chi connectivity index (χ1n) is 14.5. The van der Waals surface area contributed by atoms with Gasteiger partial charge in [0.15, 0.2) is 22.7 Å². The standard InChI is InChI=1S/C19H17FS.C14H30O4Si2/c1-13-3-4-14(2)16(11-13)12-18-9-10-19(21-18)15-5-7-17(20)8-6-15;1-9-11-10(2)12(17-19(3,4)5)13(14(15)16-11)18-20(6,7)8/h3-11H,12H2,1-2H3;10-13H,9H2,1-8H3/t;10-,11-,12+,13-/m.1/s1. The maximum atomic E-state index is 13.0. The predicted octanol–water partition coefficient (Wildman–Crippen LogP) is 9.16. The molecule has 1 aliphatic heterocycles. The molecule has 4 rings (SSSR count). The molecule has 41 heavy (non-hydrogen) atoms. The Kier molecular flexibility index (Phi) is 11.3. The van der Waals surface area contributed by atoms with Gasteiger partial charge >= 0.3 is 5.97 Å². The number of ether oxygens (including phenoxy) is 1. The molecule has 0 radical (unpaired) electrons. The van der Waals surface area contributed by atoms with Crippen molar-refractivity contribution in [2.24, 2.45) is 5.92 Å². The highest BCUT2D eigenvalue weighted by atomic mass is 32.1. The zero-order valence-corrected chi connectivity index (χ0v) is 29.2. The summed E-state index contributed by atoms with van der Waals surface area (Å²) < 4.78 is 30.9. The van der Waals surface area contributed by atoms with Crippen molar-refractivity contribution in [3.63, 3.8) is 0 Å². The van der Waals surface area contributed by atoms with Gasteiger partial charge in [0.2, 0.25) is 0 Å². The molecule has 2 heterocycles. The minimum absolute atomic E-state index is 0.0645. The fourth-order valence-corrected chi connectivity index (χ4v) is 8.08. The van der Waals surface area contributed by atoms with Gasteiger partial charge in [-0.15, -0.1) is 11.3 Å². The van der Waals surface area contributed by atoms with E-state index in [9.17, 15) is 9.18 Å². The molecule has 224 valence electrons. The van der Waals surface area contributed by atoms with Crippen LogP contribution >= 0.6 is 11.3 Å². The molecule has 0 spiro atoms. The molecular weight excluding hydrogens is 568 g/mol. The van der Waals surface area contributed by atoms with Crippen LogP contribution in [0, 0.1) is 25.6 Å². The maximum absolute atomic E-state index is 13.0. The van der Waals surface area contributed by atoms with Crippen LogP contribution in [0.25, 0.3) is 10.4 Å². The monoisotopic (exact) mass is 614 g/mol. The molecule has 3 aromatic rings. The normalized spacial score (nSPS) is 21.2. The third-order valence-electron chi connectivity index (χ3n) is 6.94. The first-order valence-corrected chi connectivity index (χ1v) is 22.2. The Bertz CT molecular complexity index is 1290. The molecule has 0 N–H and O–H groups in total. The van der Waals surface area contributed by atoms with Crippen LogP contribution in [-0.2, 0) is 24.8 Å². The first-order chi connectivity index (χ1) is 19.1. The molecule has 1 aromatic heterocycles. The summed E-state index contributed by atoms with van der Waals surface area (Å²) in [5, 5.41) is 0. The van der Waals surface area contributed by atoms with Crippen LogP contribution < -0.4 is 0 Å². The number of halogens is 1. The van der Waals surface area contributed by atoms with Crippen LogP contribution in [0.3, 0.4) is 0 Å². The lowest BCUT2D eigenvalue weighted by molar-refractivity contribution is -0.185. The second-order valence-corrected chi connectivity index (χ2v) is 23.1. The van der Waals surface area contributed by atoms with E-state index in [1.54, 1.807) is 11.3 Å². The number of carbonyl (C=O) groups excluding carboxylic acids is 1. The highest BCUT2D eigenvalue weighted by Gasteiger charge is 2.47. The van der Waals surface area contributed by atoms with E-state index in [2.05, 4.69) is 90.4 Å². The number of hydrogen-bond donors (Lipinski definition) is 0. The van der Waals surface area contributed by atoms with Gasteiger partial charge in [-0.1, -0.05) is 49.7 Å². The van der Waals surface area contributed by atoms with Crippen LogP contribution in [0.4, 0.5) is 4.39 Å². The van der Waals surface area contributed by atoms with Crippen molar-refractivity contribution >= 4 is 33.9 Å². The summed E-state index contributed by atoms with van der Waals surface area (Å²) in [6.45, 7) is 21.1. The fourth-order valence-electron chi connectivity index (χ4n) is 4.89. The van der Waals surface area contributed by atoms with Crippen molar-refractivity contribution in [1.29, 1.82) is 0 Å². The van der Waals surface area contributed by atoms with Gasteiger partial charge in [-0.2, -0.15) is 0 Å². The quantitative estimate of drug-likeness (QED) is 0.187. The van der Waals surface area contributed by atoms with Gasteiger partial charge in [-0.25, -0.2) is 9.18 Å². The third kappa shape index (κ3) is 9.99. The van der Waals surface area contributed by atoms with Crippen molar-refractivity contribution < 1.29 is 22.8 Å². The fraction of sp³-hybridized carbons (Fsp3) is 0.485. The van der Waals surface area contributed by atoms with Gasteiger partial charge in [0.1, 0.15) is 11.9 Å². The van der Waals surface area contributed by atoms with E-state index >= 15 is 0 Å². The number of aryl methyl sites for hydroxylation is 2. The Morgan fingerprint density at radius 1 is 0.902 bits per heavy atom. The molecule has 2 aromatic carbocycles. The molecule has 0 aliphatic carbocycles. The molecule has 0 bridgehead atoms. The second-order valence-electron chi connectivity index (χ2n) is 13.0.